The Labute approximate surface area is 153 Å². The predicted octanol–water partition coefficient (Wildman–Crippen LogP) is 4.37. The van der Waals surface area contributed by atoms with Gasteiger partial charge in [0.05, 0.1) is 12.7 Å². The van der Waals surface area contributed by atoms with Crippen molar-refractivity contribution in [2.24, 2.45) is 0 Å². The second kappa shape index (κ2) is 6.61. The first-order valence-electron chi connectivity index (χ1n) is 7.92. The second-order valence-corrected chi connectivity index (χ2v) is 6.73. The summed E-state index contributed by atoms with van der Waals surface area (Å²) in [6.45, 7) is 2.03. The highest BCUT2D eigenvalue weighted by atomic mass is 32.1. The normalized spacial score (nSPS) is 10.8. The third kappa shape index (κ3) is 3.16. The highest BCUT2D eigenvalue weighted by Gasteiger charge is 2.14. The molecule has 0 aliphatic carbocycles. The van der Waals surface area contributed by atoms with E-state index in [0.717, 1.165) is 11.1 Å². The molecule has 2 heterocycles. The molecule has 0 unspecified atom stereocenters. The van der Waals surface area contributed by atoms with Crippen molar-refractivity contribution in [3.05, 3.63) is 64.5 Å². The fourth-order valence-corrected chi connectivity index (χ4v) is 3.29. The molecule has 0 bridgehead atoms. The Kier molecular flexibility index (Phi) is 4.14. The summed E-state index contributed by atoms with van der Waals surface area (Å²) in [6, 6.07) is 15.0. The van der Waals surface area contributed by atoms with Gasteiger partial charge in [0.25, 0.3) is 0 Å². The summed E-state index contributed by atoms with van der Waals surface area (Å²) in [4.78, 5) is 12.3. The first-order valence-corrected chi connectivity index (χ1v) is 8.73. The monoisotopic (exact) mass is 365 g/mol. The van der Waals surface area contributed by atoms with Crippen LogP contribution in [0.1, 0.15) is 5.56 Å². The quantitative estimate of drug-likeness (QED) is 0.541. The maximum absolute atomic E-state index is 12.3. The number of nitrogens with zero attached hydrogens (tertiary/aromatic N) is 2. The molecule has 0 fully saturated rings. The minimum Gasteiger partial charge on any atom is -0.497 e. The molecule has 0 aliphatic heterocycles. The van der Waals surface area contributed by atoms with Crippen LogP contribution in [0, 0.1) is 6.92 Å². The van der Waals surface area contributed by atoms with Crippen LogP contribution in [-0.2, 0) is 0 Å². The predicted molar refractivity (Wildman–Crippen MR) is 102 cm³/mol. The summed E-state index contributed by atoms with van der Waals surface area (Å²) in [5.41, 5.74) is 2.52. The SMILES string of the molecule is COc1ccc2oc(=O)c(-c3nnc(Nc4ccc(C)cc4)s3)cc2c1. The number of aryl methyl sites for hydroxylation is 1. The minimum absolute atomic E-state index is 0.375. The van der Waals surface area contributed by atoms with Crippen LogP contribution in [0.5, 0.6) is 5.75 Å². The lowest BCUT2D eigenvalue weighted by Gasteiger charge is -2.02. The molecular weight excluding hydrogens is 350 g/mol. The Morgan fingerprint density at radius 2 is 1.88 bits per heavy atom. The van der Waals surface area contributed by atoms with Gasteiger partial charge in [0.15, 0.2) is 5.01 Å². The number of rotatable bonds is 4. The van der Waals surface area contributed by atoms with Gasteiger partial charge in [-0.05, 0) is 43.3 Å². The lowest BCUT2D eigenvalue weighted by Crippen LogP contribution is -2.02. The Hall–Kier alpha value is -3.19. The van der Waals surface area contributed by atoms with Crippen LogP contribution in [-0.4, -0.2) is 17.3 Å². The number of nitrogens with one attached hydrogen (secondary N) is 1. The highest BCUT2D eigenvalue weighted by Crippen LogP contribution is 2.29. The molecule has 0 saturated heterocycles. The lowest BCUT2D eigenvalue weighted by molar-refractivity contribution is 0.415. The van der Waals surface area contributed by atoms with E-state index in [-0.39, 0.29) is 0 Å². The largest absolute Gasteiger partial charge is 0.497 e. The van der Waals surface area contributed by atoms with Crippen LogP contribution in [0.15, 0.2) is 57.7 Å². The van der Waals surface area contributed by atoms with E-state index in [1.165, 1.54) is 16.9 Å². The molecule has 0 saturated carbocycles. The number of hydrogen-bond donors (Lipinski definition) is 1. The molecule has 1 N–H and O–H groups in total. The van der Waals surface area contributed by atoms with Gasteiger partial charge in [-0.1, -0.05) is 29.0 Å². The van der Waals surface area contributed by atoms with Crippen molar-refractivity contribution in [1.29, 1.82) is 0 Å². The van der Waals surface area contributed by atoms with Crippen LogP contribution >= 0.6 is 11.3 Å². The van der Waals surface area contributed by atoms with Crippen LogP contribution < -0.4 is 15.7 Å². The van der Waals surface area contributed by atoms with E-state index in [0.29, 0.717) is 27.0 Å². The Bertz CT molecular complexity index is 1130. The molecule has 130 valence electrons. The summed E-state index contributed by atoms with van der Waals surface area (Å²) < 4.78 is 10.6. The summed E-state index contributed by atoms with van der Waals surface area (Å²) in [5.74, 6) is 0.691. The second-order valence-electron chi connectivity index (χ2n) is 5.75. The molecule has 6 nitrogen and oxygen atoms in total. The first-order chi connectivity index (χ1) is 12.6. The minimum atomic E-state index is -0.444. The van der Waals surface area contributed by atoms with Crippen LogP contribution in [0.4, 0.5) is 10.8 Å². The maximum atomic E-state index is 12.3. The molecule has 2 aromatic carbocycles. The molecule has 0 radical (unpaired) electrons. The Morgan fingerprint density at radius 1 is 1.08 bits per heavy atom. The summed E-state index contributed by atoms with van der Waals surface area (Å²) in [5, 5.41) is 13.3. The summed E-state index contributed by atoms with van der Waals surface area (Å²) in [6.07, 6.45) is 0. The van der Waals surface area contributed by atoms with Crippen molar-refractivity contribution in [1.82, 2.24) is 10.2 Å². The van der Waals surface area contributed by atoms with Gasteiger partial charge in [0, 0.05) is 11.1 Å². The third-order valence-corrected chi connectivity index (χ3v) is 4.77. The number of methoxy groups -OCH3 is 1. The molecule has 7 heteroatoms. The lowest BCUT2D eigenvalue weighted by atomic mass is 10.2. The number of anilines is 2. The van der Waals surface area contributed by atoms with Crippen molar-refractivity contribution in [2.45, 2.75) is 6.92 Å². The van der Waals surface area contributed by atoms with Crippen LogP contribution in [0.25, 0.3) is 21.5 Å². The van der Waals surface area contributed by atoms with Crippen molar-refractivity contribution >= 4 is 33.1 Å². The van der Waals surface area contributed by atoms with E-state index in [1.54, 1.807) is 25.3 Å². The zero-order chi connectivity index (χ0) is 18.1. The van der Waals surface area contributed by atoms with Crippen molar-refractivity contribution in [2.75, 3.05) is 12.4 Å². The van der Waals surface area contributed by atoms with Crippen molar-refractivity contribution < 1.29 is 9.15 Å². The molecule has 2 aromatic heterocycles. The Morgan fingerprint density at radius 3 is 2.65 bits per heavy atom. The van der Waals surface area contributed by atoms with Gasteiger partial charge < -0.3 is 14.5 Å². The average molecular weight is 365 g/mol. The zero-order valence-corrected chi connectivity index (χ0v) is 15.0. The van der Waals surface area contributed by atoms with E-state index in [2.05, 4.69) is 15.5 Å². The third-order valence-electron chi connectivity index (χ3n) is 3.90. The standard InChI is InChI=1S/C19H15N3O3S/c1-11-3-5-13(6-4-11)20-19-22-21-17(26-19)15-10-12-9-14(24-2)7-8-16(12)25-18(15)23/h3-10H,1-2H3,(H,20,22). The zero-order valence-electron chi connectivity index (χ0n) is 14.1. The molecule has 4 rings (SSSR count). The van der Waals surface area contributed by atoms with Crippen LogP contribution in [0.3, 0.4) is 0 Å². The molecule has 4 aromatic rings. The fraction of sp³-hybridized carbons (Fsp3) is 0.105. The molecule has 0 amide bonds. The van der Waals surface area contributed by atoms with Crippen LogP contribution in [0.2, 0.25) is 0 Å². The van der Waals surface area contributed by atoms with Crippen molar-refractivity contribution in [3.63, 3.8) is 0 Å². The van der Waals surface area contributed by atoms with E-state index < -0.39 is 5.63 Å². The van der Waals surface area contributed by atoms with E-state index in [4.69, 9.17) is 9.15 Å². The average Bonchev–Trinajstić information content (AvgIpc) is 3.11. The molecule has 0 spiro atoms. The molecular formula is C19H15N3O3S. The van der Waals surface area contributed by atoms with Gasteiger partial charge in [0.2, 0.25) is 5.13 Å². The molecule has 0 atom stereocenters. The molecule has 0 aliphatic rings. The number of ether oxygens (including phenoxy) is 1. The van der Waals surface area contributed by atoms with Crippen molar-refractivity contribution in [3.8, 4) is 16.3 Å². The smallest absolute Gasteiger partial charge is 0.346 e. The van der Waals surface area contributed by atoms with Gasteiger partial charge >= 0.3 is 5.63 Å². The van der Waals surface area contributed by atoms with E-state index >= 15 is 0 Å². The van der Waals surface area contributed by atoms with Gasteiger partial charge in [-0.25, -0.2) is 4.79 Å². The van der Waals surface area contributed by atoms with Gasteiger partial charge in [-0.3, -0.25) is 0 Å². The fourth-order valence-electron chi connectivity index (χ4n) is 2.52. The number of aromatic nitrogens is 2. The maximum Gasteiger partial charge on any atom is 0.346 e. The topological polar surface area (TPSA) is 77.2 Å². The number of fused-ring (bicyclic) bond motifs is 1. The van der Waals surface area contributed by atoms with E-state index in [9.17, 15) is 4.79 Å². The van der Waals surface area contributed by atoms with Gasteiger partial charge in [-0.15, -0.1) is 10.2 Å². The number of benzene rings is 2. The summed E-state index contributed by atoms with van der Waals surface area (Å²) in [7, 11) is 1.59. The Balaban J connectivity index is 1.69. The van der Waals surface area contributed by atoms with Gasteiger partial charge in [0.1, 0.15) is 11.3 Å². The highest BCUT2D eigenvalue weighted by molar-refractivity contribution is 7.18. The first kappa shape index (κ1) is 16.3. The van der Waals surface area contributed by atoms with Gasteiger partial charge in [-0.2, -0.15) is 0 Å². The number of hydrogen-bond acceptors (Lipinski definition) is 7. The summed E-state index contributed by atoms with van der Waals surface area (Å²) >= 11 is 1.29. The van der Waals surface area contributed by atoms with E-state index in [1.807, 2.05) is 37.3 Å². The molecule has 26 heavy (non-hydrogen) atoms.